The highest BCUT2D eigenvalue weighted by Gasteiger charge is 2.15. The molecule has 0 amide bonds. The van der Waals surface area contributed by atoms with E-state index in [1.54, 1.807) is 0 Å². The van der Waals surface area contributed by atoms with Crippen molar-refractivity contribution in [3.8, 4) is 23.3 Å². The van der Waals surface area contributed by atoms with Gasteiger partial charge in [-0.15, -0.1) is 0 Å². The number of ether oxygens (including phenoxy) is 3. The third-order valence-corrected chi connectivity index (χ3v) is 4.32. The highest BCUT2D eigenvalue weighted by atomic mass is 16.7. The van der Waals surface area contributed by atoms with Gasteiger partial charge in [0.05, 0.1) is 18.2 Å². The quantitative estimate of drug-likeness (QED) is 0.492. The predicted octanol–water partition coefficient (Wildman–Crippen LogP) is 5.03. The summed E-state index contributed by atoms with van der Waals surface area (Å²) in [5.74, 6) is 2.12. The van der Waals surface area contributed by atoms with Crippen molar-refractivity contribution in [2.24, 2.45) is 0 Å². The van der Waals surface area contributed by atoms with Crippen LogP contribution in [0.1, 0.15) is 18.1 Å². The van der Waals surface area contributed by atoms with E-state index in [1.165, 1.54) is 0 Å². The molecule has 3 aromatic carbocycles. The molecule has 4 rings (SSSR count). The first-order valence-electron chi connectivity index (χ1n) is 8.46. The van der Waals surface area contributed by atoms with Gasteiger partial charge < -0.3 is 14.2 Å². The second-order valence-electron chi connectivity index (χ2n) is 5.87. The van der Waals surface area contributed by atoms with Crippen LogP contribution < -0.4 is 14.2 Å². The number of hydrogen-bond acceptors (Lipinski definition) is 4. The molecule has 0 radical (unpaired) electrons. The van der Waals surface area contributed by atoms with Crippen molar-refractivity contribution in [3.05, 3.63) is 65.7 Å². The Hall–Kier alpha value is -3.45. The second-order valence-corrected chi connectivity index (χ2v) is 5.87. The highest BCUT2D eigenvalue weighted by Crippen LogP contribution is 2.36. The number of hydrogen-bond donors (Lipinski definition) is 0. The van der Waals surface area contributed by atoms with E-state index in [4.69, 9.17) is 14.2 Å². The number of allylic oxidation sites excluding steroid dienone is 1. The lowest BCUT2D eigenvalue weighted by atomic mass is 9.98. The summed E-state index contributed by atoms with van der Waals surface area (Å²) in [6.45, 7) is 2.72. The molecule has 128 valence electrons. The summed E-state index contributed by atoms with van der Waals surface area (Å²) in [5, 5.41) is 11.9. The van der Waals surface area contributed by atoms with Crippen LogP contribution in [0.5, 0.6) is 17.2 Å². The minimum Gasteiger partial charge on any atom is -0.493 e. The van der Waals surface area contributed by atoms with Gasteiger partial charge in [0, 0.05) is 5.56 Å². The van der Waals surface area contributed by atoms with Crippen LogP contribution in [0, 0.1) is 11.3 Å². The molecule has 0 fully saturated rings. The number of fused-ring (bicyclic) bond motifs is 2. The maximum absolute atomic E-state index is 9.75. The summed E-state index contributed by atoms with van der Waals surface area (Å²) >= 11 is 0. The van der Waals surface area contributed by atoms with Crippen molar-refractivity contribution >= 4 is 22.4 Å². The van der Waals surface area contributed by atoms with Crippen LogP contribution in [0.15, 0.2) is 54.6 Å². The Morgan fingerprint density at radius 2 is 1.96 bits per heavy atom. The number of nitrogens with zero attached hydrogens (tertiary/aromatic N) is 1. The molecular weight excluding hydrogens is 326 g/mol. The standard InChI is InChI=1S/C22H17NO3/c1-2-24-20-9-7-15-5-3-4-6-18(15)19(20)11-17(13-23)16-8-10-21-22(12-16)26-14-25-21/h3-12H,2,14H2,1H3. The third-order valence-electron chi connectivity index (χ3n) is 4.32. The van der Waals surface area contributed by atoms with Gasteiger partial charge in [0.1, 0.15) is 5.75 Å². The molecule has 0 spiro atoms. The Kier molecular flexibility index (Phi) is 4.20. The average molecular weight is 343 g/mol. The lowest BCUT2D eigenvalue weighted by Crippen LogP contribution is -1.95. The topological polar surface area (TPSA) is 51.5 Å². The Morgan fingerprint density at radius 3 is 2.81 bits per heavy atom. The molecule has 1 aliphatic rings. The fourth-order valence-electron chi connectivity index (χ4n) is 3.09. The maximum atomic E-state index is 9.75. The van der Waals surface area contributed by atoms with Crippen LogP contribution in [0.25, 0.3) is 22.4 Å². The van der Waals surface area contributed by atoms with E-state index in [0.29, 0.717) is 23.7 Å². The minimum absolute atomic E-state index is 0.211. The SMILES string of the molecule is CCOc1ccc2ccccc2c1C=C(C#N)c1ccc2c(c1)OCO2. The van der Waals surface area contributed by atoms with Crippen LogP contribution in [-0.4, -0.2) is 13.4 Å². The van der Waals surface area contributed by atoms with Gasteiger partial charge in [-0.2, -0.15) is 5.26 Å². The Balaban J connectivity index is 1.88. The molecule has 3 aromatic rings. The van der Waals surface area contributed by atoms with Gasteiger partial charge in [-0.3, -0.25) is 0 Å². The zero-order valence-corrected chi connectivity index (χ0v) is 14.4. The van der Waals surface area contributed by atoms with Gasteiger partial charge in [0.2, 0.25) is 6.79 Å². The predicted molar refractivity (Wildman–Crippen MR) is 101 cm³/mol. The third kappa shape index (κ3) is 2.84. The molecule has 1 aliphatic heterocycles. The first-order valence-corrected chi connectivity index (χ1v) is 8.46. The summed E-state index contributed by atoms with van der Waals surface area (Å²) in [7, 11) is 0. The van der Waals surface area contributed by atoms with Crippen LogP contribution >= 0.6 is 0 Å². The zero-order chi connectivity index (χ0) is 17.9. The summed E-state index contributed by atoms with van der Waals surface area (Å²) in [4.78, 5) is 0. The molecule has 0 bridgehead atoms. The molecule has 0 N–H and O–H groups in total. The average Bonchev–Trinajstić information content (AvgIpc) is 3.15. The van der Waals surface area contributed by atoms with Crippen molar-refractivity contribution in [2.45, 2.75) is 6.92 Å². The Labute approximate surface area is 151 Å². The molecular formula is C22H17NO3. The molecule has 0 aliphatic carbocycles. The van der Waals surface area contributed by atoms with Gasteiger partial charge in [0.25, 0.3) is 0 Å². The fourth-order valence-corrected chi connectivity index (χ4v) is 3.09. The summed E-state index contributed by atoms with van der Waals surface area (Å²) in [6.07, 6.45) is 1.88. The van der Waals surface area contributed by atoms with Gasteiger partial charge >= 0.3 is 0 Å². The lowest BCUT2D eigenvalue weighted by molar-refractivity contribution is 0.174. The van der Waals surface area contributed by atoms with E-state index in [0.717, 1.165) is 27.6 Å². The van der Waals surface area contributed by atoms with Gasteiger partial charge in [-0.1, -0.05) is 30.3 Å². The molecule has 0 saturated carbocycles. The van der Waals surface area contributed by atoms with E-state index >= 15 is 0 Å². The van der Waals surface area contributed by atoms with Crippen LogP contribution in [0.2, 0.25) is 0 Å². The van der Waals surface area contributed by atoms with Crippen molar-refractivity contribution in [1.29, 1.82) is 5.26 Å². The fraction of sp³-hybridized carbons (Fsp3) is 0.136. The van der Waals surface area contributed by atoms with E-state index in [9.17, 15) is 5.26 Å². The van der Waals surface area contributed by atoms with Gasteiger partial charge in [0.15, 0.2) is 11.5 Å². The number of rotatable bonds is 4. The molecule has 1 heterocycles. The molecule has 4 heteroatoms. The molecule has 0 unspecified atom stereocenters. The van der Waals surface area contributed by atoms with Gasteiger partial charge in [-0.05, 0) is 53.6 Å². The molecule has 0 atom stereocenters. The summed E-state index contributed by atoms with van der Waals surface area (Å²) < 4.78 is 16.6. The highest BCUT2D eigenvalue weighted by molar-refractivity contribution is 6.00. The van der Waals surface area contributed by atoms with Gasteiger partial charge in [-0.25, -0.2) is 0 Å². The monoisotopic (exact) mass is 343 g/mol. The molecule has 4 nitrogen and oxygen atoms in total. The number of nitriles is 1. The lowest BCUT2D eigenvalue weighted by Gasteiger charge is -2.11. The Morgan fingerprint density at radius 1 is 1.12 bits per heavy atom. The van der Waals surface area contributed by atoms with Crippen molar-refractivity contribution in [2.75, 3.05) is 13.4 Å². The van der Waals surface area contributed by atoms with Crippen LogP contribution in [0.3, 0.4) is 0 Å². The van der Waals surface area contributed by atoms with Crippen molar-refractivity contribution < 1.29 is 14.2 Å². The van der Waals surface area contributed by atoms with Crippen LogP contribution in [0.4, 0.5) is 0 Å². The maximum Gasteiger partial charge on any atom is 0.231 e. The van der Waals surface area contributed by atoms with Crippen LogP contribution in [-0.2, 0) is 0 Å². The second kappa shape index (κ2) is 6.81. The first-order chi connectivity index (χ1) is 12.8. The summed E-state index contributed by atoms with van der Waals surface area (Å²) in [5.41, 5.74) is 2.23. The smallest absolute Gasteiger partial charge is 0.231 e. The minimum atomic E-state index is 0.211. The molecule has 0 aromatic heterocycles. The first kappa shape index (κ1) is 16.0. The van der Waals surface area contributed by atoms with E-state index in [1.807, 2.05) is 61.5 Å². The van der Waals surface area contributed by atoms with Crippen molar-refractivity contribution in [3.63, 3.8) is 0 Å². The zero-order valence-electron chi connectivity index (χ0n) is 14.4. The van der Waals surface area contributed by atoms with Crippen molar-refractivity contribution in [1.82, 2.24) is 0 Å². The van der Waals surface area contributed by atoms with E-state index in [2.05, 4.69) is 12.1 Å². The molecule has 26 heavy (non-hydrogen) atoms. The largest absolute Gasteiger partial charge is 0.493 e. The number of benzene rings is 3. The van der Waals surface area contributed by atoms with E-state index < -0.39 is 0 Å². The normalized spacial score (nSPS) is 12.8. The van der Waals surface area contributed by atoms with E-state index in [-0.39, 0.29) is 6.79 Å². The summed E-state index contributed by atoms with van der Waals surface area (Å²) in [6, 6.07) is 19.9. The molecule has 0 saturated heterocycles. The Bertz CT molecular complexity index is 1050.